The normalized spacial score (nSPS) is 16.4. The third-order valence-corrected chi connectivity index (χ3v) is 5.39. The molecule has 0 aliphatic carbocycles. The first-order valence-corrected chi connectivity index (χ1v) is 9.69. The fraction of sp³-hybridized carbons (Fsp3) is 0.350. The van der Waals surface area contributed by atoms with Gasteiger partial charge in [0.15, 0.2) is 0 Å². The maximum absolute atomic E-state index is 12.6. The van der Waals surface area contributed by atoms with Crippen molar-refractivity contribution in [3.05, 3.63) is 63.7 Å². The molecule has 0 saturated carbocycles. The smallest absolute Gasteiger partial charge is 0.314 e. The summed E-state index contributed by atoms with van der Waals surface area (Å²) in [7, 11) is 0. The molecule has 28 heavy (non-hydrogen) atoms. The molecule has 0 unspecified atom stereocenters. The second-order valence-corrected chi connectivity index (χ2v) is 8.53. The Labute approximate surface area is 169 Å². The van der Waals surface area contributed by atoms with E-state index < -0.39 is 12.3 Å². The van der Waals surface area contributed by atoms with E-state index in [9.17, 15) is 8.78 Å². The summed E-state index contributed by atoms with van der Waals surface area (Å²) in [5.74, 6) is -0.632. The average molecular weight is 449 g/mol. The molecule has 1 aliphatic rings. The molecule has 0 spiro atoms. The van der Waals surface area contributed by atoms with Crippen LogP contribution in [0, 0.1) is 0 Å². The standard InChI is InChI=1S/C20H19BrF2N4O/c1-20(2)11-27(9-13-3-5-14(21)7-16(13)20)10-15-6-4-12(8-24-15)18-25-26-19(28-18)17(22)23/h3-8,17H,9-11H2,1-2H3. The van der Waals surface area contributed by atoms with Crippen LogP contribution >= 0.6 is 15.9 Å². The highest BCUT2D eigenvalue weighted by Gasteiger charge is 2.31. The van der Waals surface area contributed by atoms with Crippen LogP contribution in [0.15, 0.2) is 45.4 Å². The number of benzene rings is 1. The fourth-order valence-corrected chi connectivity index (χ4v) is 4.04. The molecule has 1 aliphatic heterocycles. The molecule has 0 fully saturated rings. The van der Waals surface area contributed by atoms with Gasteiger partial charge in [-0.1, -0.05) is 35.8 Å². The molecule has 4 rings (SSSR count). The topological polar surface area (TPSA) is 55.1 Å². The minimum atomic E-state index is -2.78. The summed E-state index contributed by atoms with van der Waals surface area (Å²) in [6.07, 6.45) is -1.20. The van der Waals surface area contributed by atoms with Crippen molar-refractivity contribution in [3.8, 4) is 11.5 Å². The van der Waals surface area contributed by atoms with Gasteiger partial charge in [-0.3, -0.25) is 9.88 Å². The van der Waals surface area contributed by atoms with Gasteiger partial charge in [0.1, 0.15) is 0 Å². The van der Waals surface area contributed by atoms with Gasteiger partial charge < -0.3 is 4.42 Å². The number of hydrogen-bond donors (Lipinski definition) is 0. The summed E-state index contributed by atoms with van der Waals surface area (Å²) in [5.41, 5.74) is 4.15. The molecule has 0 bridgehead atoms. The van der Waals surface area contributed by atoms with Crippen molar-refractivity contribution in [1.29, 1.82) is 0 Å². The van der Waals surface area contributed by atoms with Crippen LogP contribution in [0.1, 0.15) is 43.0 Å². The number of hydrogen-bond acceptors (Lipinski definition) is 5. The van der Waals surface area contributed by atoms with Crippen LogP contribution in [-0.4, -0.2) is 26.6 Å². The minimum Gasteiger partial charge on any atom is -0.415 e. The van der Waals surface area contributed by atoms with Crippen LogP contribution in [0.25, 0.3) is 11.5 Å². The molecule has 0 radical (unpaired) electrons. The van der Waals surface area contributed by atoms with Crippen molar-refractivity contribution in [3.63, 3.8) is 0 Å². The highest BCUT2D eigenvalue weighted by Crippen LogP contribution is 2.35. The van der Waals surface area contributed by atoms with Gasteiger partial charge in [-0.25, -0.2) is 0 Å². The van der Waals surface area contributed by atoms with Gasteiger partial charge in [0, 0.05) is 35.7 Å². The number of fused-ring (bicyclic) bond motifs is 1. The van der Waals surface area contributed by atoms with Crippen LogP contribution < -0.4 is 0 Å². The fourth-order valence-electron chi connectivity index (χ4n) is 3.68. The number of aromatic nitrogens is 3. The third kappa shape index (κ3) is 3.84. The summed E-state index contributed by atoms with van der Waals surface area (Å²) in [6.45, 7) is 6.97. The lowest BCUT2D eigenvalue weighted by Gasteiger charge is -2.40. The highest BCUT2D eigenvalue weighted by atomic mass is 79.9. The van der Waals surface area contributed by atoms with E-state index in [0.29, 0.717) is 12.1 Å². The summed E-state index contributed by atoms with van der Waals surface area (Å²) in [4.78, 5) is 6.82. The molecule has 0 atom stereocenters. The monoisotopic (exact) mass is 448 g/mol. The Morgan fingerprint density at radius 3 is 2.71 bits per heavy atom. The molecule has 0 N–H and O–H groups in total. The lowest BCUT2D eigenvalue weighted by Crippen LogP contribution is -2.41. The van der Waals surface area contributed by atoms with Crippen molar-refractivity contribution < 1.29 is 13.2 Å². The Balaban J connectivity index is 1.49. The van der Waals surface area contributed by atoms with Gasteiger partial charge in [0.25, 0.3) is 5.89 Å². The number of halogens is 3. The first-order valence-electron chi connectivity index (χ1n) is 8.90. The summed E-state index contributed by atoms with van der Waals surface area (Å²) in [6, 6.07) is 10.1. The number of pyridine rings is 1. The van der Waals surface area contributed by atoms with Crippen LogP contribution in [0.3, 0.4) is 0 Å². The maximum Gasteiger partial charge on any atom is 0.314 e. The Morgan fingerprint density at radius 2 is 2.04 bits per heavy atom. The van der Waals surface area contributed by atoms with E-state index in [1.54, 1.807) is 12.3 Å². The average Bonchev–Trinajstić information content (AvgIpc) is 3.13. The molecule has 5 nitrogen and oxygen atoms in total. The van der Waals surface area contributed by atoms with Gasteiger partial charge in [-0.05, 0) is 35.4 Å². The Morgan fingerprint density at radius 1 is 1.21 bits per heavy atom. The zero-order valence-corrected chi connectivity index (χ0v) is 17.1. The number of nitrogens with zero attached hydrogens (tertiary/aromatic N) is 4. The highest BCUT2D eigenvalue weighted by molar-refractivity contribution is 9.10. The third-order valence-electron chi connectivity index (χ3n) is 4.90. The lowest BCUT2D eigenvalue weighted by atomic mass is 9.78. The van der Waals surface area contributed by atoms with Crippen molar-refractivity contribution in [2.24, 2.45) is 0 Å². The van der Waals surface area contributed by atoms with Crippen molar-refractivity contribution in [2.75, 3.05) is 6.54 Å². The van der Waals surface area contributed by atoms with Crippen LogP contribution in [0.4, 0.5) is 8.78 Å². The predicted octanol–water partition coefficient (Wildman–Crippen LogP) is 5.13. The Kier molecular flexibility index (Phi) is 5.01. The summed E-state index contributed by atoms with van der Waals surface area (Å²) >= 11 is 3.56. The largest absolute Gasteiger partial charge is 0.415 e. The second kappa shape index (κ2) is 7.33. The maximum atomic E-state index is 12.6. The summed E-state index contributed by atoms with van der Waals surface area (Å²) in [5, 5.41) is 7.00. The van der Waals surface area contributed by atoms with E-state index in [-0.39, 0.29) is 11.3 Å². The van der Waals surface area contributed by atoms with Gasteiger partial charge in [-0.15, -0.1) is 10.2 Å². The molecular weight excluding hydrogens is 430 g/mol. The zero-order chi connectivity index (χ0) is 19.9. The molecule has 2 aromatic heterocycles. The number of rotatable bonds is 4. The van der Waals surface area contributed by atoms with Gasteiger partial charge in [0.05, 0.1) is 11.3 Å². The van der Waals surface area contributed by atoms with E-state index in [2.05, 4.69) is 68.1 Å². The van der Waals surface area contributed by atoms with Crippen LogP contribution in [-0.2, 0) is 18.5 Å². The van der Waals surface area contributed by atoms with Gasteiger partial charge in [-0.2, -0.15) is 8.78 Å². The van der Waals surface area contributed by atoms with Crippen molar-refractivity contribution in [2.45, 2.75) is 38.8 Å². The van der Waals surface area contributed by atoms with E-state index >= 15 is 0 Å². The molecule has 3 aromatic rings. The SMILES string of the molecule is CC1(C)CN(Cc2ccc(-c3nnc(C(F)F)o3)cn2)Cc2ccc(Br)cc21. The van der Waals surface area contributed by atoms with Gasteiger partial charge in [0.2, 0.25) is 5.89 Å². The second-order valence-electron chi connectivity index (χ2n) is 7.61. The minimum absolute atomic E-state index is 0.0345. The molecule has 0 saturated heterocycles. The molecule has 0 amide bonds. The van der Waals surface area contributed by atoms with Crippen molar-refractivity contribution >= 4 is 15.9 Å². The van der Waals surface area contributed by atoms with E-state index in [1.807, 2.05) is 6.07 Å². The molecule has 8 heteroatoms. The quantitative estimate of drug-likeness (QED) is 0.553. The first-order chi connectivity index (χ1) is 13.3. The van der Waals surface area contributed by atoms with E-state index in [4.69, 9.17) is 4.42 Å². The van der Waals surface area contributed by atoms with E-state index in [0.717, 1.165) is 23.3 Å². The number of alkyl halides is 2. The van der Waals surface area contributed by atoms with Crippen molar-refractivity contribution in [1.82, 2.24) is 20.1 Å². The van der Waals surface area contributed by atoms with Crippen LogP contribution in [0.5, 0.6) is 0 Å². The summed E-state index contributed by atoms with van der Waals surface area (Å²) < 4.78 is 31.3. The Hall–Kier alpha value is -2.19. The first kappa shape index (κ1) is 19.1. The predicted molar refractivity (Wildman–Crippen MR) is 104 cm³/mol. The molecular formula is C20H19BrF2N4O. The lowest BCUT2D eigenvalue weighted by molar-refractivity contribution is 0.116. The van der Waals surface area contributed by atoms with E-state index in [1.165, 1.54) is 11.1 Å². The van der Waals surface area contributed by atoms with Crippen LogP contribution in [0.2, 0.25) is 0 Å². The van der Waals surface area contributed by atoms with Gasteiger partial charge >= 0.3 is 6.43 Å². The zero-order valence-electron chi connectivity index (χ0n) is 15.5. The molecule has 1 aromatic carbocycles. The molecule has 3 heterocycles. The Bertz CT molecular complexity index is 988. The molecule has 146 valence electrons.